The molecule has 106 valence electrons. The SMILES string of the molecule is CCCNC1c2ccccc2CCCC1SC(C)C. The van der Waals surface area contributed by atoms with E-state index in [4.69, 9.17) is 0 Å². The minimum absolute atomic E-state index is 0.533. The lowest BCUT2D eigenvalue weighted by molar-refractivity contribution is 0.500. The lowest BCUT2D eigenvalue weighted by atomic mass is 9.99. The van der Waals surface area contributed by atoms with Gasteiger partial charge in [-0.15, -0.1) is 0 Å². The Labute approximate surface area is 122 Å². The summed E-state index contributed by atoms with van der Waals surface area (Å²) in [4.78, 5) is 0. The molecule has 1 nitrogen and oxygen atoms in total. The molecule has 1 aliphatic carbocycles. The van der Waals surface area contributed by atoms with Gasteiger partial charge in [0.2, 0.25) is 0 Å². The maximum Gasteiger partial charge on any atom is 0.0443 e. The van der Waals surface area contributed by atoms with Crippen molar-refractivity contribution in [1.29, 1.82) is 0 Å². The van der Waals surface area contributed by atoms with Crippen LogP contribution in [0, 0.1) is 0 Å². The number of hydrogen-bond donors (Lipinski definition) is 1. The van der Waals surface area contributed by atoms with Crippen molar-refractivity contribution in [2.75, 3.05) is 6.54 Å². The Kier molecular flexibility index (Phi) is 5.77. The summed E-state index contributed by atoms with van der Waals surface area (Å²) in [5.74, 6) is 0. The average molecular weight is 277 g/mol. The summed E-state index contributed by atoms with van der Waals surface area (Å²) >= 11 is 2.15. The van der Waals surface area contributed by atoms with Crippen LogP contribution in [-0.4, -0.2) is 17.0 Å². The Morgan fingerprint density at radius 1 is 1.32 bits per heavy atom. The van der Waals surface area contributed by atoms with E-state index < -0.39 is 0 Å². The van der Waals surface area contributed by atoms with Gasteiger partial charge >= 0.3 is 0 Å². The second-order valence-corrected chi connectivity index (χ2v) is 7.57. The molecule has 0 heterocycles. The van der Waals surface area contributed by atoms with Gasteiger partial charge in [0.1, 0.15) is 0 Å². The second kappa shape index (κ2) is 7.35. The number of hydrogen-bond acceptors (Lipinski definition) is 2. The first-order chi connectivity index (χ1) is 9.22. The third kappa shape index (κ3) is 4.00. The van der Waals surface area contributed by atoms with Gasteiger partial charge in [0.05, 0.1) is 0 Å². The van der Waals surface area contributed by atoms with Crippen molar-refractivity contribution in [3.05, 3.63) is 35.4 Å². The predicted octanol–water partition coefficient (Wildman–Crippen LogP) is 4.57. The van der Waals surface area contributed by atoms with E-state index in [0.717, 1.165) is 11.8 Å². The van der Waals surface area contributed by atoms with Gasteiger partial charge in [0, 0.05) is 11.3 Å². The molecule has 2 rings (SSSR count). The third-order valence-corrected chi connectivity index (χ3v) is 5.16. The normalized spacial score (nSPS) is 23.2. The highest BCUT2D eigenvalue weighted by molar-refractivity contribution is 8.00. The lowest BCUT2D eigenvalue weighted by Crippen LogP contribution is -2.31. The lowest BCUT2D eigenvalue weighted by Gasteiger charge is -2.28. The van der Waals surface area contributed by atoms with Crippen LogP contribution in [0.4, 0.5) is 0 Å². The zero-order valence-electron chi connectivity index (χ0n) is 12.5. The summed E-state index contributed by atoms with van der Waals surface area (Å²) in [7, 11) is 0. The van der Waals surface area contributed by atoms with Crippen molar-refractivity contribution >= 4 is 11.8 Å². The van der Waals surface area contributed by atoms with E-state index in [0.29, 0.717) is 11.3 Å². The van der Waals surface area contributed by atoms with Gasteiger partial charge < -0.3 is 5.32 Å². The summed E-state index contributed by atoms with van der Waals surface area (Å²) in [5, 5.41) is 5.23. The smallest absolute Gasteiger partial charge is 0.0443 e. The number of fused-ring (bicyclic) bond motifs is 1. The fourth-order valence-corrected chi connectivity index (χ4v) is 4.37. The van der Waals surface area contributed by atoms with Crippen molar-refractivity contribution in [1.82, 2.24) is 5.32 Å². The maximum absolute atomic E-state index is 3.80. The van der Waals surface area contributed by atoms with Crippen LogP contribution >= 0.6 is 11.8 Å². The molecule has 0 bridgehead atoms. The Morgan fingerprint density at radius 2 is 2.11 bits per heavy atom. The van der Waals surface area contributed by atoms with Crippen LogP contribution in [0.3, 0.4) is 0 Å². The second-order valence-electron chi connectivity index (χ2n) is 5.75. The summed E-state index contributed by atoms with van der Waals surface area (Å²) < 4.78 is 0. The molecule has 0 fully saturated rings. The Bertz CT molecular complexity index is 389. The Balaban J connectivity index is 2.24. The minimum Gasteiger partial charge on any atom is -0.309 e. The maximum atomic E-state index is 3.80. The highest BCUT2D eigenvalue weighted by atomic mass is 32.2. The average Bonchev–Trinajstić information content (AvgIpc) is 2.55. The van der Waals surface area contributed by atoms with E-state index in [9.17, 15) is 0 Å². The van der Waals surface area contributed by atoms with Gasteiger partial charge in [-0.1, -0.05) is 45.0 Å². The monoisotopic (exact) mass is 277 g/mol. The molecule has 1 aromatic rings. The zero-order chi connectivity index (χ0) is 13.7. The van der Waals surface area contributed by atoms with Crippen molar-refractivity contribution in [2.24, 2.45) is 0 Å². The fraction of sp³-hybridized carbons (Fsp3) is 0.647. The summed E-state index contributed by atoms with van der Waals surface area (Å²) in [6.45, 7) is 8.01. The molecule has 0 aromatic heterocycles. The van der Waals surface area contributed by atoms with Gasteiger partial charge in [-0.2, -0.15) is 11.8 Å². The summed E-state index contributed by atoms with van der Waals surface area (Å²) in [5.41, 5.74) is 3.11. The Morgan fingerprint density at radius 3 is 2.84 bits per heavy atom. The van der Waals surface area contributed by atoms with Gasteiger partial charge in [-0.05, 0) is 48.6 Å². The molecule has 0 spiro atoms. The van der Waals surface area contributed by atoms with Crippen LogP contribution in [0.5, 0.6) is 0 Å². The third-order valence-electron chi connectivity index (χ3n) is 3.76. The van der Waals surface area contributed by atoms with Crippen LogP contribution in [0.2, 0.25) is 0 Å². The van der Waals surface area contributed by atoms with Gasteiger partial charge in [0.25, 0.3) is 0 Å². The molecule has 0 saturated heterocycles. The van der Waals surface area contributed by atoms with E-state index in [1.807, 2.05) is 0 Å². The van der Waals surface area contributed by atoms with Crippen LogP contribution in [0.15, 0.2) is 24.3 Å². The number of benzene rings is 1. The van der Waals surface area contributed by atoms with Crippen molar-refractivity contribution in [2.45, 2.75) is 63.0 Å². The number of rotatable bonds is 5. The molecular weight excluding hydrogens is 250 g/mol. The zero-order valence-corrected chi connectivity index (χ0v) is 13.3. The van der Waals surface area contributed by atoms with Crippen molar-refractivity contribution < 1.29 is 0 Å². The van der Waals surface area contributed by atoms with Gasteiger partial charge in [0.15, 0.2) is 0 Å². The first-order valence-corrected chi connectivity index (χ1v) is 8.63. The number of thioether (sulfide) groups is 1. The fourth-order valence-electron chi connectivity index (χ4n) is 2.96. The number of nitrogens with one attached hydrogen (secondary N) is 1. The molecule has 2 heteroatoms. The van der Waals surface area contributed by atoms with E-state index >= 15 is 0 Å². The van der Waals surface area contributed by atoms with Crippen molar-refractivity contribution in [3.63, 3.8) is 0 Å². The van der Waals surface area contributed by atoms with Crippen molar-refractivity contribution in [3.8, 4) is 0 Å². The molecule has 1 aliphatic rings. The molecule has 1 aromatic carbocycles. The first kappa shape index (κ1) is 14.9. The molecule has 0 aliphatic heterocycles. The summed E-state index contributed by atoms with van der Waals surface area (Å²) in [6.07, 6.45) is 5.11. The van der Waals surface area contributed by atoms with E-state index in [2.05, 4.69) is 62.1 Å². The first-order valence-electron chi connectivity index (χ1n) is 7.69. The predicted molar refractivity (Wildman–Crippen MR) is 86.9 cm³/mol. The topological polar surface area (TPSA) is 12.0 Å². The molecule has 0 radical (unpaired) electrons. The molecule has 0 saturated carbocycles. The van der Waals surface area contributed by atoms with Crippen LogP contribution < -0.4 is 5.32 Å². The molecule has 1 N–H and O–H groups in total. The molecule has 2 unspecified atom stereocenters. The molecule has 0 amide bonds. The molecule has 2 atom stereocenters. The highest BCUT2D eigenvalue weighted by Gasteiger charge is 2.27. The van der Waals surface area contributed by atoms with Crippen LogP contribution in [-0.2, 0) is 6.42 Å². The molecule has 19 heavy (non-hydrogen) atoms. The molecular formula is C17H27NS. The largest absolute Gasteiger partial charge is 0.309 e. The van der Waals surface area contributed by atoms with Gasteiger partial charge in [-0.3, -0.25) is 0 Å². The number of aryl methyl sites for hydroxylation is 1. The Hall–Kier alpha value is -0.470. The minimum atomic E-state index is 0.533. The van der Waals surface area contributed by atoms with E-state index in [-0.39, 0.29) is 0 Å². The quantitative estimate of drug-likeness (QED) is 0.791. The van der Waals surface area contributed by atoms with E-state index in [1.54, 1.807) is 11.1 Å². The van der Waals surface area contributed by atoms with Gasteiger partial charge in [-0.25, -0.2) is 0 Å². The van der Waals surface area contributed by atoms with E-state index in [1.165, 1.54) is 25.7 Å². The van der Waals surface area contributed by atoms with Crippen LogP contribution in [0.1, 0.15) is 57.2 Å². The standard InChI is InChI=1S/C17H27NS/c1-4-12-18-17-15-10-6-5-8-14(15)9-7-11-16(17)19-13(2)3/h5-6,8,10,13,16-18H,4,7,9,11-12H2,1-3H3. The highest BCUT2D eigenvalue weighted by Crippen LogP contribution is 2.37. The van der Waals surface area contributed by atoms with Crippen LogP contribution in [0.25, 0.3) is 0 Å². The summed E-state index contributed by atoms with van der Waals surface area (Å²) in [6, 6.07) is 9.57.